The van der Waals surface area contributed by atoms with Gasteiger partial charge in [0.25, 0.3) is 5.91 Å². The first-order valence-electron chi connectivity index (χ1n) is 6.77. The van der Waals surface area contributed by atoms with E-state index in [1.54, 1.807) is 42.5 Å². The molecule has 1 N–H and O–H groups in total. The molecule has 0 aromatic heterocycles. The highest BCUT2D eigenvalue weighted by Gasteiger charge is 2.17. The van der Waals surface area contributed by atoms with Crippen LogP contribution < -0.4 is 10.1 Å². The lowest BCUT2D eigenvalue weighted by Gasteiger charge is -2.17. The zero-order valence-corrected chi connectivity index (χ0v) is 13.3. The number of amides is 1. The minimum absolute atomic E-state index is 0.0163. The van der Waals surface area contributed by atoms with Crippen LogP contribution in [-0.2, 0) is 4.79 Å². The topological polar surface area (TPSA) is 55.4 Å². The Morgan fingerprint density at radius 1 is 1.13 bits per heavy atom. The van der Waals surface area contributed by atoms with Gasteiger partial charge in [0.15, 0.2) is 12.4 Å². The van der Waals surface area contributed by atoms with Gasteiger partial charge >= 0.3 is 0 Å². The first-order chi connectivity index (χ1) is 11.0. The molecular formula is C17H11Cl2NO3. The molecule has 2 aromatic rings. The number of hydrogen-bond acceptors (Lipinski definition) is 3. The van der Waals surface area contributed by atoms with Crippen LogP contribution in [0.15, 0.2) is 42.5 Å². The highest BCUT2D eigenvalue weighted by molar-refractivity contribution is 6.42. The predicted octanol–water partition coefficient (Wildman–Crippen LogP) is 4.22. The number of carbonyl (C=O) groups excluding carboxylic acids is 2. The van der Waals surface area contributed by atoms with E-state index in [-0.39, 0.29) is 18.3 Å². The van der Waals surface area contributed by atoms with Crippen molar-refractivity contribution in [3.8, 4) is 5.75 Å². The van der Waals surface area contributed by atoms with Gasteiger partial charge in [-0.1, -0.05) is 35.3 Å². The normalized spacial score (nSPS) is 13.4. The van der Waals surface area contributed by atoms with Gasteiger partial charge in [-0.25, -0.2) is 0 Å². The van der Waals surface area contributed by atoms with Gasteiger partial charge < -0.3 is 10.1 Å². The second-order valence-corrected chi connectivity index (χ2v) is 5.73. The van der Waals surface area contributed by atoms with Crippen molar-refractivity contribution in [2.45, 2.75) is 0 Å². The van der Waals surface area contributed by atoms with Crippen LogP contribution in [0.2, 0.25) is 10.0 Å². The molecule has 6 heteroatoms. The zero-order valence-electron chi connectivity index (χ0n) is 11.8. The molecule has 116 valence electrons. The molecule has 0 bridgehead atoms. The quantitative estimate of drug-likeness (QED) is 0.667. The summed E-state index contributed by atoms with van der Waals surface area (Å²) in [4.78, 5) is 23.6. The first-order valence-corrected chi connectivity index (χ1v) is 7.53. The molecule has 0 saturated heterocycles. The Hall–Kier alpha value is -2.30. The lowest BCUT2D eigenvalue weighted by Crippen LogP contribution is -2.25. The first kappa shape index (κ1) is 15.6. The second-order valence-electron chi connectivity index (χ2n) is 4.92. The second kappa shape index (κ2) is 6.44. The van der Waals surface area contributed by atoms with Crippen molar-refractivity contribution in [1.82, 2.24) is 0 Å². The Balaban J connectivity index is 1.80. The number of hydrogen-bond donors (Lipinski definition) is 1. The summed E-state index contributed by atoms with van der Waals surface area (Å²) in [7, 11) is 0. The number of anilines is 1. The van der Waals surface area contributed by atoms with Crippen molar-refractivity contribution in [2.24, 2.45) is 0 Å². The molecular weight excluding hydrogens is 337 g/mol. The smallest absolute Gasteiger partial charge is 0.262 e. The van der Waals surface area contributed by atoms with E-state index in [9.17, 15) is 9.59 Å². The van der Waals surface area contributed by atoms with Crippen LogP contribution in [0, 0.1) is 0 Å². The number of benzene rings is 2. The van der Waals surface area contributed by atoms with E-state index in [4.69, 9.17) is 27.9 Å². The number of ether oxygens (including phenoxy) is 1. The summed E-state index contributed by atoms with van der Waals surface area (Å²) < 4.78 is 5.26. The highest BCUT2D eigenvalue weighted by atomic mass is 35.5. The molecule has 3 rings (SSSR count). The highest BCUT2D eigenvalue weighted by Crippen LogP contribution is 2.29. The monoisotopic (exact) mass is 347 g/mol. The van der Waals surface area contributed by atoms with E-state index < -0.39 is 0 Å². The molecule has 0 atom stereocenters. The maximum Gasteiger partial charge on any atom is 0.262 e. The Morgan fingerprint density at radius 3 is 2.74 bits per heavy atom. The van der Waals surface area contributed by atoms with Crippen LogP contribution in [0.1, 0.15) is 15.9 Å². The predicted molar refractivity (Wildman–Crippen MR) is 90.4 cm³/mol. The van der Waals surface area contributed by atoms with Gasteiger partial charge in [-0.3, -0.25) is 9.59 Å². The average Bonchev–Trinajstić information content (AvgIpc) is 2.55. The minimum atomic E-state index is -0.242. The molecule has 0 radical (unpaired) electrons. The molecule has 4 nitrogen and oxygen atoms in total. The van der Waals surface area contributed by atoms with Gasteiger partial charge in [0.1, 0.15) is 5.75 Å². The Kier molecular flexibility index (Phi) is 4.37. The molecule has 0 fully saturated rings. The SMILES string of the molecule is O=C1COc2ccc(C(=O)C=Cc3ccc(Cl)c(Cl)c3)cc2N1. The molecule has 0 spiro atoms. The van der Waals surface area contributed by atoms with Gasteiger partial charge in [-0.05, 0) is 42.0 Å². The summed E-state index contributed by atoms with van der Waals surface area (Å²) in [5.41, 5.74) is 1.71. The number of carbonyl (C=O) groups is 2. The molecule has 0 aliphatic carbocycles. The average molecular weight is 348 g/mol. The van der Waals surface area contributed by atoms with Crippen LogP contribution in [0.25, 0.3) is 6.08 Å². The Bertz CT molecular complexity index is 831. The van der Waals surface area contributed by atoms with E-state index in [1.165, 1.54) is 6.08 Å². The third kappa shape index (κ3) is 3.55. The van der Waals surface area contributed by atoms with E-state index in [1.807, 2.05) is 0 Å². The van der Waals surface area contributed by atoms with Crippen molar-refractivity contribution >= 4 is 46.7 Å². The fourth-order valence-electron chi connectivity index (χ4n) is 2.12. The summed E-state index contributed by atoms with van der Waals surface area (Å²) in [5.74, 6) is 0.113. The minimum Gasteiger partial charge on any atom is -0.482 e. The zero-order chi connectivity index (χ0) is 16.4. The third-order valence-corrected chi connectivity index (χ3v) is 4.01. The van der Waals surface area contributed by atoms with Crippen molar-refractivity contribution in [3.05, 3.63) is 63.6 Å². The molecule has 1 aliphatic rings. The molecule has 2 aromatic carbocycles. The van der Waals surface area contributed by atoms with E-state index >= 15 is 0 Å². The molecule has 0 unspecified atom stereocenters. The lowest BCUT2D eigenvalue weighted by atomic mass is 10.1. The van der Waals surface area contributed by atoms with Crippen LogP contribution in [-0.4, -0.2) is 18.3 Å². The van der Waals surface area contributed by atoms with Crippen molar-refractivity contribution in [1.29, 1.82) is 0 Å². The number of ketones is 1. The Labute approximate surface area is 142 Å². The number of rotatable bonds is 3. The molecule has 1 amide bonds. The number of fused-ring (bicyclic) bond motifs is 1. The van der Waals surface area contributed by atoms with Gasteiger partial charge in [-0.15, -0.1) is 0 Å². The maximum absolute atomic E-state index is 12.2. The standard InChI is InChI=1S/C17H11Cl2NO3/c18-12-4-1-10(7-13(12)19)2-5-15(21)11-3-6-16-14(8-11)20-17(22)9-23-16/h1-8H,9H2,(H,20,22). The molecule has 23 heavy (non-hydrogen) atoms. The van der Waals surface area contributed by atoms with Gasteiger partial charge in [0.05, 0.1) is 15.7 Å². The van der Waals surface area contributed by atoms with E-state index in [0.29, 0.717) is 27.0 Å². The van der Waals surface area contributed by atoms with Crippen LogP contribution >= 0.6 is 23.2 Å². The molecule has 1 aliphatic heterocycles. The lowest BCUT2D eigenvalue weighted by molar-refractivity contribution is -0.118. The fourth-order valence-corrected chi connectivity index (χ4v) is 2.43. The largest absolute Gasteiger partial charge is 0.482 e. The van der Waals surface area contributed by atoms with Crippen LogP contribution in [0.4, 0.5) is 5.69 Å². The summed E-state index contributed by atoms with van der Waals surface area (Å²) in [6.45, 7) is -0.0163. The number of nitrogens with one attached hydrogen (secondary N) is 1. The number of halogens is 2. The van der Waals surface area contributed by atoms with Crippen LogP contribution in [0.3, 0.4) is 0 Å². The third-order valence-electron chi connectivity index (χ3n) is 3.27. The fraction of sp³-hybridized carbons (Fsp3) is 0.0588. The molecule has 1 heterocycles. The van der Waals surface area contributed by atoms with Crippen molar-refractivity contribution < 1.29 is 14.3 Å². The summed E-state index contributed by atoms with van der Waals surface area (Å²) in [6.07, 6.45) is 3.09. The van der Waals surface area contributed by atoms with Gasteiger partial charge in [0.2, 0.25) is 0 Å². The van der Waals surface area contributed by atoms with Crippen molar-refractivity contribution in [3.63, 3.8) is 0 Å². The maximum atomic E-state index is 12.2. The van der Waals surface area contributed by atoms with Gasteiger partial charge in [0, 0.05) is 5.56 Å². The van der Waals surface area contributed by atoms with Crippen molar-refractivity contribution in [2.75, 3.05) is 11.9 Å². The summed E-state index contributed by atoms with van der Waals surface area (Å²) >= 11 is 11.8. The summed E-state index contributed by atoms with van der Waals surface area (Å²) in [6, 6.07) is 10.0. The van der Waals surface area contributed by atoms with E-state index in [2.05, 4.69) is 5.32 Å². The molecule has 0 saturated carbocycles. The Morgan fingerprint density at radius 2 is 1.96 bits per heavy atom. The van der Waals surface area contributed by atoms with Gasteiger partial charge in [-0.2, -0.15) is 0 Å². The number of allylic oxidation sites excluding steroid dienone is 1. The van der Waals surface area contributed by atoms with Crippen LogP contribution in [0.5, 0.6) is 5.75 Å². The summed E-state index contributed by atoms with van der Waals surface area (Å²) in [5, 5.41) is 3.55. The van der Waals surface area contributed by atoms with E-state index in [0.717, 1.165) is 5.56 Å².